The Kier molecular flexibility index (Phi) is 5.79. The largest absolute Gasteiger partial charge is 0.385 e. The smallest absolute Gasteiger partial charge is 0.0955 e. The Morgan fingerprint density at radius 1 is 0.913 bits per heavy atom. The topological polar surface area (TPSA) is 20.2 Å². The molecule has 0 radical (unpaired) electrons. The summed E-state index contributed by atoms with van der Waals surface area (Å²) in [4.78, 5) is 0. The Hall–Kier alpha value is -1.86. The highest BCUT2D eigenvalue weighted by molar-refractivity contribution is 5.27. The van der Waals surface area contributed by atoms with Gasteiger partial charge in [0.1, 0.15) is 0 Å². The van der Waals surface area contributed by atoms with Crippen LogP contribution in [0, 0.1) is 5.41 Å². The van der Waals surface area contributed by atoms with Crippen molar-refractivity contribution in [3.8, 4) is 0 Å². The molecule has 0 unspecified atom stereocenters. The van der Waals surface area contributed by atoms with Crippen LogP contribution in [0.1, 0.15) is 44.7 Å². The molecule has 0 saturated carbocycles. The van der Waals surface area contributed by atoms with Crippen molar-refractivity contribution < 1.29 is 5.11 Å². The van der Waals surface area contributed by atoms with Crippen molar-refractivity contribution in [2.75, 3.05) is 0 Å². The zero-order valence-corrected chi connectivity index (χ0v) is 14.5. The normalized spacial score (nSPS) is 16.9. The zero-order valence-electron chi connectivity index (χ0n) is 14.5. The number of aryl methyl sites for hydroxylation is 1. The number of aliphatic hydroxyl groups is 1. The van der Waals surface area contributed by atoms with Gasteiger partial charge in [-0.1, -0.05) is 86.7 Å². The van der Waals surface area contributed by atoms with E-state index in [4.69, 9.17) is 0 Å². The first-order chi connectivity index (χ1) is 11.0. The zero-order chi connectivity index (χ0) is 16.8. The molecule has 0 aliphatic carbocycles. The lowest BCUT2D eigenvalue weighted by Crippen LogP contribution is -2.39. The molecule has 0 fully saturated rings. The molecule has 0 heterocycles. The van der Waals surface area contributed by atoms with E-state index in [0.717, 1.165) is 24.8 Å². The summed E-state index contributed by atoms with van der Waals surface area (Å²) in [5.74, 6) is 0. The van der Waals surface area contributed by atoms with Crippen LogP contribution in [0.4, 0.5) is 0 Å². The van der Waals surface area contributed by atoms with E-state index in [1.54, 1.807) is 0 Å². The van der Waals surface area contributed by atoms with E-state index >= 15 is 0 Å². The summed E-state index contributed by atoms with van der Waals surface area (Å²) >= 11 is 0. The molecule has 0 spiro atoms. The van der Waals surface area contributed by atoms with E-state index < -0.39 is 5.60 Å². The quantitative estimate of drug-likeness (QED) is 0.670. The average Bonchev–Trinajstić information content (AvgIpc) is 2.60. The molecular weight excluding hydrogens is 280 g/mol. The van der Waals surface area contributed by atoms with Crippen LogP contribution in [-0.4, -0.2) is 5.11 Å². The Labute approximate surface area is 140 Å². The second-order valence-corrected chi connectivity index (χ2v) is 6.64. The second kappa shape index (κ2) is 7.61. The van der Waals surface area contributed by atoms with Gasteiger partial charge in [-0.05, 0) is 37.3 Å². The van der Waals surface area contributed by atoms with E-state index in [0.29, 0.717) is 0 Å². The van der Waals surface area contributed by atoms with Gasteiger partial charge in [0.25, 0.3) is 0 Å². The predicted octanol–water partition coefficient (Wildman–Crippen LogP) is 5.50. The molecular formula is C22H28O. The molecule has 0 amide bonds. The third-order valence-electron chi connectivity index (χ3n) is 5.11. The van der Waals surface area contributed by atoms with Crippen molar-refractivity contribution in [1.82, 2.24) is 0 Å². The van der Waals surface area contributed by atoms with Crippen molar-refractivity contribution in [2.24, 2.45) is 5.41 Å². The van der Waals surface area contributed by atoms with Crippen LogP contribution in [0.5, 0.6) is 0 Å². The summed E-state index contributed by atoms with van der Waals surface area (Å²) in [5.41, 5.74) is 1.15. The summed E-state index contributed by atoms with van der Waals surface area (Å²) < 4.78 is 0. The number of hydrogen-bond donors (Lipinski definition) is 1. The maximum Gasteiger partial charge on any atom is 0.0955 e. The van der Waals surface area contributed by atoms with Gasteiger partial charge in [-0.2, -0.15) is 0 Å². The fraction of sp³-hybridized carbons (Fsp3) is 0.364. The monoisotopic (exact) mass is 308 g/mol. The van der Waals surface area contributed by atoms with E-state index in [1.165, 1.54) is 5.56 Å². The van der Waals surface area contributed by atoms with E-state index in [1.807, 2.05) is 43.3 Å². The number of hydrogen-bond acceptors (Lipinski definition) is 1. The first kappa shape index (κ1) is 17.5. The van der Waals surface area contributed by atoms with Crippen molar-refractivity contribution in [3.05, 3.63) is 83.9 Å². The lowest BCUT2D eigenvalue weighted by atomic mass is 9.68. The highest BCUT2D eigenvalue weighted by atomic mass is 16.3. The number of rotatable bonds is 7. The van der Waals surface area contributed by atoms with Gasteiger partial charge in [0.15, 0.2) is 0 Å². The highest BCUT2D eigenvalue weighted by Crippen LogP contribution is 2.43. The van der Waals surface area contributed by atoms with Crippen LogP contribution in [-0.2, 0) is 12.0 Å². The summed E-state index contributed by atoms with van der Waals surface area (Å²) in [7, 11) is 0. The molecule has 0 aliphatic heterocycles. The third-order valence-corrected chi connectivity index (χ3v) is 5.11. The molecule has 2 atom stereocenters. The molecule has 0 aliphatic rings. The average molecular weight is 308 g/mol. The van der Waals surface area contributed by atoms with Crippen molar-refractivity contribution in [2.45, 2.75) is 45.6 Å². The lowest BCUT2D eigenvalue weighted by Gasteiger charge is -2.41. The summed E-state index contributed by atoms with van der Waals surface area (Å²) in [6, 6.07) is 20.5. The minimum atomic E-state index is -0.883. The number of benzene rings is 2. The van der Waals surface area contributed by atoms with Gasteiger partial charge >= 0.3 is 0 Å². The van der Waals surface area contributed by atoms with Crippen LogP contribution in [0.3, 0.4) is 0 Å². The van der Waals surface area contributed by atoms with Crippen molar-refractivity contribution in [3.63, 3.8) is 0 Å². The molecule has 0 aromatic heterocycles. The highest BCUT2D eigenvalue weighted by Gasteiger charge is 2.40. The van der Waals surface area contributed by atoms with E-state index in [-0.39, 0.29) is 5.41 Å². The Bertz CT molecular complexity index is 613. The van der Waals surface area contributed by atoms with Crippen LogP contribution < -0.4 is 0 Å². The van der Waals surface area contributed by atoms with E-state index in [9.17, 15) is 5.11 Å². The third kappa shape index (κ3) is 4.11. The van der Waals surface area contributed by atoms with Gasteiger partial charge in [-0.3, -0.25) is 0 Å². The number of allylic oxidation sites excluding steroid dienone is 1. The fourth-order valence-corrected chi connectivity index (χ4v) is 2.95. The van der Waals surface area contributed by atoms with Crippen molar-refractivity contribution in [1.29, 1.82) is 0 Å². The van der Waals surface area contributed by atoms with Crippen LogP contribution >= 0.6 is 0 Å². The molecule has 1 heteroatoms. The SMILES string of the molecule is CC[C@](C)(/C=C/CCc1ccccc1)[C@@](C)(O)c1ccccc1. The summed E-state index contributed by atoms with van der Waals surface area (Å²) in [6.45, 7) is 6.20. The standard InChI is InChI=1S/C22H28O/c1-4-21(2,22(3,23)20-16-9-6-10-17-20)18-12-11-15-19-13-7-5-8-14-19/h5-10,12-14,16-18,23H,4,11,15H2,1-3H3/b18-12+/t21-,22+/m1/s1. The molecule has 2 aromatic rings. The minimum absolute atomic E-state index is 0.287. The molecule has 0 saturated heterocycles. The molecule has 2 rings (SSSR count). The maximum absolute atomic E-state index is 11.2. The predicted molar refractivity (Wildman–Crippen MR) is 98.3 cm³/mol. The van der Waals surface area contributed by atoms with Crippen LogP contribution in [0.15, 0.2) is 72.8 Å². The lowest BCUT2D eigenvalue weighted by molar-refractivity contribution is -0.0424. The van der Waals surface area contributed by atoms with Gasteiger partial charge in [0.05, 0.1) is 5.60 Å². The molecule has 2 aromatic carbocycles. The first-order valence-corrected chi connectivity index (χ1v) is 8.49. The molecule has 122 valence electrons. The van der Waals surface area contributed by atoms with Crippen molar-refractivity contribution >= 4 is 0 Å². The molecule has 0 bridgehead atoms. The van der Waals surface area contributed by atoms with Crippen LogP contribution in [0.25, 0.3) is 0 Å². The summed E-state index contributed by atoms with van der Waals surface area (Å²) in [6.07, 6.45) is 7.32. The van der Waals surface area contributed by atoms with Gasteiger partial charge in [-0.15, -0.1) is 0 Å². The Morgan fingerprint density at radius 3 is 2.04 bits per heavy atom. The van der Waals surface area contributed by atoms with Crippen LogP contribution in [0.2, 0.25) is 0 Å². The molecule has 1 nitrogen and oxygen atoms in total. The molecule has 1 N–H and O–H groups in total. The van der Waals surface area contributed by atoms with Gasteiger partial charge < -0.3 is 5.11 Å². The van der Waals surface area contributed by atoms with Gasteiger partial charge in [-0.25, -0.2) is 0 Å². The van der Waals surface area contributed by atoms with Gasteiger partial charge in [0.2, 0.25) is 0 Å². The summed E-state index contributed by atoms with van der Waals surface area (Å²) in [5, 5.41) is 11.2. The first-order valence-electron chi connectivity index (χ1n) is 8.49. The maximum atomic E-state index is 11.2. The second-order valence-electron chi connectivity index (χ2n) is 6.64. The minimum Gasteiger partial charge on any atom is -0.385 e. The Balaban J connectivity index is 2.09. The fourth-order valence-electron chi connectivity index (χ4n) is 2.95. The van der Waals surface area contributed by atoms with Gasteiger partial charge in [0, 0.05) is 5.41 Å². The van der Waals surface area contributed by atoms with E-state index in [2.05, 4.69) is 50.3 Å². The molecule has 23 heavy (non-hydrogen) atoms. The Morgan fingerprint density at radius 2 is 1.48 bits per heavy atom.